The molecule has 1 fully saturated rings. The van der Waals surface area contributed by atoms with E-state index in [0.717, 1.165) is 50.6 Å². The summed E-state index contributed by atoms with van der Waals surface area (Å²) in [5.74, 6) is 0.822. The Morgan fingerprint density at radius 2 is 2.07 bits per heavy atom. The summed E-state index contributed by atoms with van der Waals surface area (Å²) in [7, 11) is 1.67. The highest BCUT2D eigenvalue weighted by atomic mass is 16.5. The molecule has 0 aromatic carbocycles. The lowest BCUT2D eigenvalue weighted by Gasteiger charge is -2.32. The molecule has 4 heteroatoms. The molecule has 0 saturated carbocycles. The molecule has 15 heavy (non-hydrogen) atoms. The molecular formula is C11H18N2O2. The van der Waals surface area contributed by atoms with Gasteiger partial charge in [-0.3, -0.25) is 0 Å². The molecule has 0 aromatic rings. The van der Waals surface area contributed by atoms with Gasteiger partial charge in [0.1, 0.15) is 5.76 Å². The number of hydrogen-bond donors (Lipinski definition) is 1. The molecule has 1 aliphatic carbocycles. The van der Waals surface area contributed by atoms with Crippen molar-refractivity contribution in [2.75, 3.05) is 33.4 Å². The largest absolute Gasteiger partial charge is 0.495 e. The lowest BCUT2D eigenvalue weighted by molar-refractivity contribution is 0.0515. The van der Waals surface area contributed by atoms with E-state index in [4.69, 9.17) is 15.2 Å². The van der Waals surface area contributed by atoms with E-state index in [1.165, 1.54) is 5.70 Å². The van der Waals surface area contributed by atoms with Gasteiger partial charge in [-0.05, 0) is 12.8 Å². The van der Waals surface area contributed by atoms with Crippen molar-refractivity contribution in [1.82, 2.24) is 4.90 Å². The third-order valence-electron chi connectivity index (χ3n) is 2.90. The van der Waals surface area contributed by atoms with Crippen LogP contribution in [0.5, 0.6) is 0 Å². The molecule has 2 aliphatic rings. The first-order valence-electron chi connectivity index (χ1n) is 5.37. The third-order valence-corrected chi connectivity index (χ3v) is 2.90. The van der Waals surface area contributed by atoms with Crippen molar-refractivity contribution in [2.24, 2.45) is 5.73 Å². The number of nitrogens with zero attached hydrogens (tertiary/aromatic N) is 1. The summed E-state index contributed by atoms with van der Waals surface area (Å²) in [5, 5.41) is 0. The molecule has 0 bridgehead atoms. The zero-order valence-corrected chi connectivity index (χ0v) is 9.16. The summed E-state index contributed by atoms with van der Waals surface area (Å²) in [6.45, 7) is 3.59. The molecule has 0 unspecified atom stereocenters. The van der Waals surface area contributed by atoms with Crippen LogP contribution in [0.25, 0.3) is 0 Å². The van der Waals surface area contributed by atoms with Crippen LogP contribution >= 0.6 is 0 Å². The van der Waals surface area contributed by atoms with E-state index in [2.05, 4.69) is 11.0 Å². The Bertz CT molecular complexity index is 291. The molecular weight excluding hydrogens is 192 g/mol. The van der Waals surface area contributed by atoms with E-state index in [9.17, 15) is 0 Å². The molecule has 84 valence electrons. The zero-order chi connectivity index (χ0) is 10.7. The lowest BCUT2D eigenvalue weighted by Crippen LogP contribution is -2.36. The lowest BCUT2D eigenvalue weighted by atomic mass is 10.1. The van der Waals surface area contributed by atoms with Crippen molar-refractivity contribution in [3.8, 4) is 0 Å². The fourth-order valence-corrected chi connectivity index (χ4v) is 1.99. The first-order chi connectivity index (χ1) is 7.31. The highest BCUT2D eigenvalue weighted by molar-refractivity contribution is 5.27. The number of methoxy groups -OCH3 is 1. The SMILES string of the molecule is COC1=C(N)CCC(N2CCOCC2)=C1. The van der Waals surface area contributed by atoms with E-state index >= 15 is 0 Å². The van der Waals surface area contributed by atoms with Crippen LogP contribution < -0.4 is 5.73 Å². The Hall–Kier alpha value is -1.16. The van der Waals surface area contributed by atoms with Gasteiger partial charge in [-0.25, -0.2) is 0 Å². The number of nitrogens with two attached hydrogens (primary N) is 1. The van der Waals surface area contributed by atoms with Crippen LogP contribution in [0.4, 0.5) is 0 Å². The van der Waals surface area contributed by atoms with Crippen molar-refractivity contribution in [1.29, 1.82) is 0 Å². The van der Waals surface area contributed by atoms with Crippen molar-refractivity contribution < 1.29 is 9.47 Å². The van der Waals surface area contributed by atoms with Gasteiger partial charge in [-0.15, -0.1) is 0 Å². The Labute approximate surface area is 90.3 Å². The van der Waals surface area contributed by atoms with Gasteiger partial charge < -0.3 is 20.1 Å². The van der Waals surface area contributed by atoms with Crippen molar-refractivity contribution in [3.63, 3.8) is 0 Å². The monoisotopic (exact) mass is 210 g/mol. The summed E-state index contributed by atoms with van der Waals surface area (Å²) in [5.41, 5.74) is 8.03. The van der Waals surface area contributed by atoms with Gasteiger partial charge >= 0.3 is 0 Å². The van der Waals surface area contributed by atoms with Gasteiger partial charge in [0.05, 0.1) is 26.0 Å². The highest BCUT2D eigenvalue weighted by Crippen LogP contribution is 2.24. The molecule has 0 atom stereocenters. The molecule has 0 amide bonds. The van der Waals surface area contributed by atoms with E-state index in [-0.39, 0.29) is 0 Å². The number of hydrogen-bond acceptors (Lipinski definition) is 4. The van der Waals surface area contributed by atoms with Crippen LogP contribution in [0, 0.1) is 0 Å². The fraction of sp³-hybridized carbons (Fsp3) is 0.636. The van der Waals surface area contributed by atoms with Gasteiger partial charge in [0.25, 0.3) is 0 Å². The third kappa shape index (κ3) is 2.26. The summed E-state index contributed by atoms with van der Waals surface area (Å²) in [4.78, 5) is 2.36. The van der Waals surface area contributed by atoms with Gasteiger partial charge in [0.15, 0.2) is 0 Å². The van der Waals surface area contributed by atoms with E-state index in [1.54, 1.807) is 7.11 Å². The molecule has 0 spiro atoms. The van der Waals surface area contributed by atoms with Gasteiger partial charge in [-0.2, -0.15) is 0 Å². The molecule has 2 rings (SSSR count). The van der Waals surface area contributed by atoms with Crippen LogP contribution in [0.3, 0.4) is 0 Å². The summed E-state index contributed by atoms with van der Waals surface area (Å²) < 4.78 is 10.6. The highest BCUT2D eigenvalue weighted by Gasteiger charge is 2.18. The molecule has 0 aromatic heterocycles. The quantitative estimate of drug-likeness (QED) is 0.733. The molecule has 1 aliphatic heterocycles. The smallest absolute Gasteiger partial charge is 0.139 e. The first kappa shape index (κ1) is 10.4. The predicted molar refractivity (Wildman–Crippen MR) is 57.9 cm³/mol. The summed E-state index contributed by atoms with van der Waals surface area (Å²) in [6, 6.07) is 0. The van der Waals surface area contributed by atoms with Gasteiger partial charge in [0.2, 0.25) is 0 Å². The van der Waals surface area contributed by atoms with E-state index in [1.807, 2.05) is 0 Å². The zero-order valence-electron chi connectivity index (χ0n) is 9.16. The Morgan fingerprint density at radius 1 is 1.33 bits per heavy atom. The van der Waals surface area contributed by atoms with Gasteiger partial charge in [0, 0.05) is 24.9 Å². The summed E-state index contributed by atoms with van der Waals surface area (Å²) >= 11 is 0. The van der Waals surface area contributed by atoms with Crippen LogP contribution in [-0.4, -0.2) is 38.3 Å². The minimum atomic E-state index is 0.818. The Kier molecular flexibility index (Phi) is 3.16. The van der Waals surface area contributed by atoms with E-state index in [0.29, 0.717) is 0 Å². The van der Waals surface area contributed by atoms with Crippen molar-refractivity contribution in [3.05, 3.63) is 23.2 Å². The van der Waals surface area contributed by atoms with Gasteiger partial charge in [-0.1, -0.05) is 0 Å². The standard InChI is InChI=1S/C11H18N2O2/c1-14-11-8-9(2-3-10(11)12)13-4-6-15-7-5-13/h8H,2-7,12H2,1H3. The Morgan fingerprint density at radius 3 is 2.73 bits per heavy atom. The van der Waals surface area contributed by atoms with Crippen LogP contribution in [-0.2, 0) is 9.47 Å². The maximum atomic E-state index is 5.85. The Balaban J connectivity index is 2.09. The minimum Gasteiger partial charge on any atom is -0.495 e. The van der Waals surface area contributed by atoms with Crippen molar-refractivity contribution >= 4 is 0 Å². The maximum Gasteiger partial charge on any atom is 0.139 e. The maximum absolute atomic E-state index is 5.85. The van der Waals surface area contributed by atoms with E-state index < -0.39 is 0 Å². The number of rotatable bonds is 2. The average Bonchev–Trinajstić information content (AvgIpc) is 2.31. The first-order valence-corrected chi connectivity index (χ1v) is 5.37. The molecule has 4 nitrogen and oxygen atoms in total. The second kappa shape index (κ2) is 4.57. The van der Waals surface area contributed by atoms with Crippen LogP contribution in [0.2, 0.25) is 0 Å². The summed E-state index contributed by atoms with van der Waals surface area (Å²) in [6.07, 6.45) is 3.97. The van der Waals surface area contributed by atoms with Crippen LogP contribution in [0.15, 0.2) is 23.2 Å². The molecule has 1 heterocycles. The number of ether oxygens (including phenoxy) is 2. The molecule has 1 saturated heterocycles. The second-order valence-electron chi connectivity index (χ2n) is 3.83. The molecule has 0 radical (unpaired) electrons. The topological polar surface area (TPSA) is 47.7 Å². The van der Waals surface area contributed by atoms with Crippen molar-refractivity contribution in [2.45, 2.75) is 12.8 Å². The predicted octanol–water partition coefficient (Wildman–Crippen LogP) is 0.813. The number of morpholine rings is 1. The van der Waals surface area contributed by atoms with Crippen LogP contribution in [0.1, 0.15) is 12.8 Å². The number of allylic oxidation sites excluding steroid dienone is 3. The molecule has 2 N–H and O–H groups in total. The minimum absolute atomic E-state index is 0.818. The fourth-order valence-electron chi connectivity index (χ4n) is 1.99. The second-order valence-corrected chi connectivity index (χ2v) is 3.83. The average molecular weight is 210 g/mol. The normalized spacial score (nSPS) is 22.7.